The number of esters is 1. The standard InChI is InChI=1S/C12H17NO5S2/c1-4-18-12(15)11-8(2)7-10(19-11)13-9(14)5-6-20(3,16)17/h7H,4-6H2,1-3H3,(H,13,14). The molecule has 1 rings (SSSR count). The molecule has 0 fully saturated rings. The molecule has 1 N–H and O–H groups in total. The Hall–Kier alpha value is -1.41. The second kappa shape index (κ2) is 6.85. The monoisotopic (exact) mass is 319 g/mol. The molecule has 20 heavy (non-hydrogen) atoms. The molecule has 0 unspecified atom stereocenters. The van der Waals surface area contributed by atoms with E-state index in [2.05, 4.69) is 5.32 Å². The van der Waals surface area contributed by atoms with Crippen LogP contribution in [0.15, 0.2) is 6.07 Å². The molecular formula is C12H17NO5S2. The van der Waals surface area contributed by atoms with Gasteiger partial charge < -0.3 is 10.1 Å². The van der Waals surface area contributed by atoms with Gasteiger partial charge in [-0.3, -0.25) is 4.79 Å². The first-order chi connectivity index (χ1) is 9.23. The Morgan fingerprint density at radius 3 is 2.60 bits per heavy atom. The highest BCUT2D eigenvalue weighted by molar-refractivity contribution is 7.90. The Bertz CT molecular complexity index is 603. The van der Waals surface area contributed by atoms with Gasteiger partial charge in [-0.05, 0) is 25.5 Å². The molecule has 0 atom stereocenters. The van der Waals surface area contributed by atoms with Crippen LogP contribution in [0.25, 0.3) is 0 Å². The third-order valence-corrected chi connectivity index (χ3v) is 4.42. The molecule has 0 saturated carbocycles. The summed E-state index contributed by atoms with van der Waals surface area (Å²) in [5, 5.41) is 3.08. The van der Waals surface area contributed by atoms with E-state index in [1.807, 2.05) is 0 Å². The van der Waals surface area contributed by atoms with Gasteiger partial charge in [-0.1, -0.05) is 0 Å². The number of carbonyl (C=O) groups is 2. The summed E-state index contributed by atoms with van der Waals surface area (Å²) < 4.78 is 26.8. The van der Waals surface area contributed by atoms with Crippen LogP contribution in [-0.4, -0.2) is 38.9 Å². The van der Waals surface area contributed by atoms with Crippen LogP contribution in [-0.2, 0) is 19.4 Å². The normalized spacial score (nSPS) is 11.2. The van der Waals surface area contributed by atoms with Crippen LogP contribution in [0.2, 0.25) is 0 Å². The lowest BCUT2D eigenvalue weighted by atomic mass is 10.3. The van der Waals surface area contributed by atoms with E-state index >= 15 is 0 Å². The summed E-state index contributed by atoms with van der Waals surface area (Å²) >= 11 is 1.11. The first kappa shape index (κ1) is 16.6. The molecule has 1 aromatic heterocycles. The van der Waals surface area contributed by atoms with Gasteiger partial charge in [0.1, 0.15) is 14.7 Å². The van der Waals surface area contributed by atoms with Crippen molar-refractivity contribution < 1.29 is 22.7 Å². The van der Waals surface area contributed by atoms with Gasteiger partial charge in [0.15, 0.2) is 0 Å². The zero-order valence-corrected chi connectivity index (χ0v) is 13.2. The molecule has 0 radical (unpaired) electrons. The lowest BCUT2D eigenvalue weighted by molar-refractivity contribution is -0.115. The highest BCUT2D eigenvalue weighted by atomic mass is 32.2. The van der Waals surface area contributed by atoms with Crippen molar-refractivity contribution in [3.8, 4) is 0 Å². The molecule has 0 aliphatic carbocycles. The third kappa shape index (κ3) is 5.30. The fraction of sp³-hybridized carbons (Fsp3) is 0.500. The lowest BCUT2D eigenvalue weighted by Crippen LogP contribution is -2.15. The second-order valence-corrected chi connectivity index (χ2v) is 7.58. The van der Waals surface area contributed by atoms with Crippen LogP contribution in [0.4, 0.5) is 5.00 Å². The Morgan fingerprint density at radius 2 is 2.05 bits per heavy atom. The van der Waals surface area contributed by atoms with Crippen LogP contribution in [0.1, 0.15) is 28.6 Å². The minimum atomic E-state index is -3.17. The average Bonchev–Trinajstić information content (AvgIpc) is 2.67. The molecule has 0 spiro atoms. The molecule has 1 amide bonds. The topological polar surface area (TPSA) is 89.5 Å². The number of hydrogen-bond donors (Lipinski definition) is 1. The number of amides is 1. The van der Waals surface area contributed by atoms with E-state index in [9.17, 15) is 18.0 Å². The zero-order valence-electron chi connectivity index (χ0n) is 11.6. The van der Waals surface area contributed by atoms with Gasteiger partial charge in [0.2, 0.25) is 5.91 Å². The number of carbonyl (C=O) groups excluding carboxylic acids is 2. The number of aryl methyl sites for hydroxylation is 1. The molecule has 6 nitrogen and oxygen atoms in total. The number of ether oxygens (including phenoxy) is 1. The number of nitrogens with one attached hydrogen (secondary N) is 1. The predicted octanol–water partition coefficient (Wildman–Crippen LogP) is 1.61. The Labute approximate surface area is 122 Å². The summed E-state index contributed by atoms with van der Waals surface area (Å²) in [5.41, 5.74) is 0.715. The Balaban J connectivity index is 2.67. The Morgan fingerprint density at radius 1 is 1.40 bits per heavy atom. The molecule has 0 bridgehead atoms. The van der Waals surface area contributed by atoms with E-state index in [0.29, 0.717) is 15.4 Å². The molecule has 0 saturated heterocycles. The van der Waals surface area contributed by atoms with E-state index < -0.39 is 21.7 Å². The van der Waals surface area contributed by atoms with Crippen LogP contribution >= 0.6 is 11.3 Å². The smallest absolute Gasteiger partial charge is 0.348 e. The maximum atomic E-state index is 11.6. The molecule has 112 valence electrons. The van der Waals surface area contributed by atoms with Gasteiger partial charge in [-0.2, -0.15) is 0 Å². The van der Waals surface area contributed by atoms with Crippen LogP contribution in [0.5, 0.6) is 0 Å². The van der Waals surface area contributed by atoms with Crippen molar-refractivity contribution in [3.05, 3.63) is 16.5 Å². The number of thiophene rings is 1. The predicted molar refractivity (Wildman–Crippen MR) is 78.0 cm³/mol. The second-order valence-electron chi connectivity index (χ2n) is 4.27. The maximum absolute atomic E-state index is 11.6. The molecule has 0 aliphatic rings. The lowest BCUT2D eigenvalue weighted by Gasteiger charge is -2.01. The van der Waals surface area contributed by atoms with Gasteiger partial charge in [0, 0.05) is 12.7 Å². The van der Waals surface area contributed by atoms with Crippen molar-refractivity contribution in [2.24, 2.45) is 0 Å². The summed E-state index contributed by atoms with van der Waals surface area (Å²) in [4.78, 5) is 23.6. The quantitative estimate of drug-likeness (QED) is 0.805. The van der Waals surface area contributed by atoms with Crippen molar-refractivity contribution in [1.29, 1.82) is 0 Å². The summed E-state index contributed by atoms with van der Waals surface area (Å²) in [5.74, 6) is -1.02. The van der Waals surface area contributed by atoms with Crippen LogP contribution in [0.3, 0.4) is 0 Å². The summed E-state index contributed by atoms with van der Waals surface area (Å²) in [6, 6.07) is 1.66. The molecule has 1 aromatic rings. The fourth-order valence-electron chi connectivity index (χ4n) is 1.42. The molecule has 0 aromatic carbocycles. The summed E-state index contributed by atoms with van der Waals surface area (Å²) in [6.45, 7) is 3.75. The largest absolute Gasteiger partial charge is 0.462 e. The summed E-state index contributed by atoms with van der Waals surface area (Å²) in [7, 11) is -3.17. The summed E-state index contributed by atoms with van der Waals surface area (Å²) in [6.07, 6.45) is 0.971. The average molecular weight is 319 g/mol. The van der Waals surface area contributed by atoms with E-state index in [0.717, 1.165) is 17.6 Å². The SMILES string of the molecule is CCOC(=O)c1sc(NC(=O)CCS(C)(=O)=O)cc1C. The van der Waals surface area contributed by atoms with Crippen molar-refractivity contribution in [2.45, 2.75) is 20.3 Å². The van der Waals surface area contributed by atoms with E-state index in [1.54, 1.807) is 19.9 Å². The maximum Gasteiger partial charge on any atom is 0.348 e. The van der Waals surface area contributed by atoms with Crippen LogP contribution < -0.4 is 5.32 Å². The zero-order chi connectivity index (χ0) is 15.3. The van der Waals surface area contributed by atoms with Gasteiger partial charge in [0.05, 0.1) is 17.4 Å². The minimum absolute atomic E-state index is 0.107. The molecular weight excluding hydrogens is 302 g/mol. The minimum Gasteiger partial charge on any atom is -0.462 e. The van der Waals surface area contributed by atoms with Crippen molar-refractivity contribution in [2.75, 3.05) is 23.9 Å². The molecule has 1 heterocycles. The third-order valence-electron chi connectivity index (χ3n) is 2.34. The highest BCUT2D eigenvalue weighted by Crippen LogP contribution is 2.27. The molecule has 8 heteroatoms. The van der Waals surface area contributed by atoms with Crippen molar-refractivity contribution in [1.82, 2.24) is 0 Å². The fourth-order valence-corrected chi connectivity index (χ4v) is 2.96. The first-order valence-corrected chi connectivity index (χ1v) is 8.85. The Kier molecular flexibility index (Phi) is 5.70. The van der Waals surface area contributed by atoms with E-state index in [-0.39, 0.29) is 18.8 Å². The van der Waals surface area contributed by atoms with Crippen molar-refractivity contribution in [3.63, 3.8) is 0 Å². The van der Waals surface area contributed by atoms with E-state index in [4.69, 9.17) is 4.74 Å². The van der Waals surface area contributed by atoms with Gasteiger partial charge >= 0.3 is 5.97 Å². The number of anilines is 1. The first-order valence-electron chi connectivity index (χ1n) is 5.98. The highest BCUT2D eigenvalue weighted by Gasteiger charge is 2.16. The number of sulfone groups is 1. The van der Waals surface area contributed by atoms with Gasteiger partial charge in [0.25, 0.3) is 0 Å². The molecule has 0 aliphatic heterocycles. The van der Waals surface area contributed by atoms with Crippen molar-refractivity contribution >= 4 is 38.1 Å². The van der Waals surface area contributed by atoms with Gasteiger partial charge in [-0.15, -0.1) is 11.3 Å². The van der Waals surface area contributed by atoms with Gasteiger partial charge in [-0.25, -0.2) is 13.2 Å². The number of hydrogen-bond acceptors (Lipinski definition) is 6. The van der Waals surface area contributed by atoms with E-state index in [1.165, 1.54) is 0 Å². The van der Waals surface area contributed by atoms with Crippen LogP contribution in [0, 0.1) is 6.92 Å². The number of rotatable bonds is 6.